The van der Waals surface area contributed by atoms with E-state index >= 15 is 0 Å². The van der Waals surface area contributed by atoms with Gasteiger partial charge in [-0.15, -0.1) is 0 Å². The maximum absolute atomic E-state index is 6.13. The van der Waals surface area contributed by atoms with Crippen LogP contribution in [-0.2, 0) is 4.74 Å². The minimum absolute atomic E-state index is 0.219. The van der Waals surface area contributed by atoms with E-state index in [4.69, 9.17) is 10.5 Å². The molecule has 3 heteroatoms. The Kier molecular flexibility index (Phi) is 4.45. The predicted octanol–water partition coefficient (Wildman–Crippen LogP) is 2.00. The lowest BCUT2D eigenvalue weighted by Gasteiger charge is -2.48. The molecule has 0 aromatic heterocycles. The number of ether oxygens (including phenoxy) is 1. The molecule has 2 fully saturated rings. The van der Waals surface area contributed by atoms with Crippen molar-refractivity contribution >= 4 is 0 Å². The summed E-state index contributed by atoms with van der Waals surface area (Å²) in [5.74, 6) is 0.947. The third kappa shape index (κ3) is 3.21. The fourth-order valence-electron chi connectivity index (χ4n) is 3.15. The molecule has 2 atom stereocenters. The molecule has 1 saturated carbocycles. The highest BCUT2D eigenvalue weighted by Gasteiger charge is 2.41. The van der Waals surface area contributed by atoms with Crippen LogP contribution in [0.5, 0.6) is 0 Å². The van der Waals surface area contributed by atoms with Crippen LogP contribution in [0.3, 0.4) is 0 Å². The second kappa shape index (κ2) is 5.68. The lowest BCUT2D eigenvalue weighted by atomic mass is 9.84. The second-order valence-corrected chi connectivity index (χ2v) is 5.95. The molecule has 100 valence electrons. The smallest absolute Gasteiger partial charge is 0.0565 e. The van der Waals surface area contributed by atoms with Gasteiger partial charge in [0.05, 0.1) is 6.10 Å². The van der Waals surface area contributed by atoms with E-state index < -0.39 is 0 Å². The summed E-state index contributed by atoms with van der Waals surface area (Å²) < 4.78 is 5.70. The molecule has 2 rings (SSSR count). The van der Waals surface area contributed by atoms with Gasteiger partial charge in [-0.25, -0.2) is 0 Å². The van der Waals surface area contributed by atoms with Gasteiger partial charge in [0, 0.05) is 25.2 Å². The van der Waals surface area contributed by atoms with Gasteiger partial charge in [0.2, 0.25) is 0 Å². The largest absolute Gasteiger partial charge is 0.378 e. The Labute approximate surface area is 106 Å². The summed E-state index contributed by atoms with van der Waals surface area (Å²) in [4.78, 5) is 2.68. The van der Waals surface area contributed by atoms with Crippen LogP contribution in [0.4, 0.5) is 0 Å². The van der Waals surface area contributed by atoms with E-state index in [1.807, 2.05) is 0 Å². The number of rotatable bonds is 6. The topological polar surface area (TPSA) is 38.5 Å². The molecular formula is C14H28N2O. The van der Waals surface area contributed by atoms with E-state index in [0.717, 1.165) is 31.9 Å². The molecule has 0 aromatic rings. The van der Waals surface area contributed by atoms with Crippen LogP contribution in [0.25, 0.3) is 0 Å². The summed E-state index contributed by atoms with van der Waals surface area (Å²) in [5, 5.41) is 0. The maximum Gasteiger partial charge on any atom is 0.0565 e. The minimum Gasteiger partial charge on any atom is -0.378 e. The van der Waals surface area contributed by atoms with Crippen molar-refractivity contribution in [2.45, 2.75) is 57.6 Å². The van der Waals surface area contributed by atoms with Gasteiger partial charge in [0.25, 0.3) is 0 Å². The van der Waals surface area contributed by atoms with Gasteiger partial charge in [-0.1, -0.05) is 6.92 Å². The van der Waals surface area contributed by atoms with Crippen molar-refractivity contribution in [3.8, 4) is 0 Å². The van der Waals surface area contributed by atoms with E-state index in [2.05, 4.69) is 18.7 Å². The monoisotopic (exact) mass is 240 g/mol. The molecule has 0 aromatic carbocycles. The maximum atomic E-state index is 6.13. The molecule has 1 aliphatic carbocycles. The Hall–Kier alpha value is -0.120. The minimum atomic E-state index is 0.219. The van der Waals surface area contributed by atoms with Crippen molar-refractivity contribution in [3.05, 3.63) is 0 Å². The first kappa shape index (κ1) is 13.3. The lowest BCUT2D eigenvalue weighted by Crippen LogP contribution is -2.59. The zero-order valence-electron chi connectivity index (χ0n) is 11.5. The molecule has 0 spiro atoms. The number of nitrogens with zero attached hydrogens (tertiary/aromatic N) is 1. The zero-order chi connectivity index (χ0) is 12.3. The average molecular weight is 240 g/mol. The Bertz CT molecular complexity index is 242. The third-order valence-corrected chi connectivity index (χ3v) is 4.36. The molecular weight excluding hydrogens is 212 g/mol. The number of hydrogen-bond donors (Lipinski definition) is 1. The Morgan fingerprint density at radius 3 is 2.71 bits per heavy atom. The highest BCUT2D eigenvalue weighted by atomic mass is 16.5. The lowest BCUT2D eigenvalue weighted by molar-refractivity contribution is -0.0651. The molecule has 2 unspecified atom stereocenters. The highest BCUT2D eigenvalue weighted by molar-refractivity contribution is 4.97. The first-order valence-electron chi connectivity index (χ1n) is 7.27. The van der Waals surface area contributed by atoms with E-state index in [1.54, 1.807) is 0 Å². The van der Waals surface area contributed by atoms with Gasteiger partial charge < -0.3 is 10.5 Å². The molecule has 0 radical (unpaired) electrons. The Morgan fingerprint density at radius 2 is 2.18 bits per heavy atom. The van der Waals surface area contributed by atoms with Gasteiger partial charge in [0.15, 0.2) is 0 Å². The van der Waals surface area contributed by atoms with Gasteiger partial charge in [-0.2, -0.15) is 0 Å². The van der Waals surface area contributed by atoms with E-state index in [0.29, 0.717) is 6.10 Å². The van der Waals surface area contributed by atoms with Gasteiger partial charge in [-0.05, 0) is 51.5 Å². The van der Waals surface area contributed by atoms with Crippen molar-refractivity contribution in [2.75, 3.05) is 26.2 Å². The molecule has 0 bridgehead atoms. The molecule has 1 heterocycles. The van der Waals surface area contributed by atoms with Crippen LogP contribution < -0.4 is 5.73 Å². The molecule has 1 saturated heterocycles. The van der Waals surface area contributed by atoms with Gasteiger partial charge in [-0.3, -0.25) is 4.90 Å². The molecule has 2 N–H and O–H groups in total. The normalized spacial score (nSPS) is 34.2. The van der Waals surface area contributed by atoms with Crippen LogP contribution in [-0.4, -0.2) is 42.8 Å². The van der Waals surface area contributed by atoms with Crippen molar-refractivity contribution in [1.29, 1.82) is 0 Å². The van der Waals surface area contributed by atoms with Crippen molar-refractivity contribution in [3.63, 3.8) is 0 Å². The average Bonchev–Trinajstić information content (AvgIpc) is 3.12. The molecule has 0 amide bonds. The number of hydrogen-bond acceptors (Lipinski definition) is 3. The van der Waals surface area contributed by atoms with Crippen LogP contribution in [0, 0.1) is 5.92 Å². The quantitative estimate of drug-likeness (QED) is 0.772. The summed E-state index contributed by atoms with van der Waals surface area (Å²) >= 11 is 0. The second-order valence-electron chi connectivity index (χ2n) is 5.95. The molecule has 1 aliphatic heterocycles. The van der Waals surface area contributed by atoms with Crippen molar-refractivity contribution in [1.82, 2.24) is 4.90 Å². The van der Waals surface area contributed by atoms with Crippen molar-refractivity contribution in [2.24, 2.45) is 11.7 Å². The molecule has 17 heavy (non-hydrogen) atoms. The predicted molar refractivity (Wildman–Crippen MR) is 71.0 cm³/mol. The summed E-state index contributed by atoms with van der Waals surface area (Å²) in [6.45, 7) is 8.58. The highest BCUT2D eigenvalue weighted by Crippen LogP contribution is 2.36. The summed E-state index contributed by atoms with van der Waals surface area (Å²) in [6.07, 6.45) is 6.66. The van der Waals surface area contributed by atoms with E-state index in [1.165, 1.54) is 32.4 Å². The van der Waals surface area contributed by atoms with E-state index in [9.17, 15) is 0 Å². The van der Waals surface area contributed by atoms with E-state index in [-0.39, 0.29) is 5.54 Å². The first-order chi connectivity index (χ1) is 8.20. The number of nitrogens with two attached hydrogens (primary N) is 1. The standard InChI is InChI=1S/C14H28N2O/c1-3-7-16(10-13-4-5-13)14(11-15)6-8-17-12(2)9-14/h12-13H,3-11,15H2,1-2H3. The van der Waals surface area contributed by atoms with Crippen LogP contribution in [0.2, 0.25) is 0 Å². The molecule has 3 nitrogen and oxygen atoms in total. The van der Waals surface area contributed by atoms with Crippen LogP contribution >= 0.6 is 0 Å². The van der Waals surface area contributed by atoms with Crippen molar-refractivity contribution < 1.29 is 4.74 Å². The SMILES string of the molecule is CCCN(CC1CC1)C1(CN)CCOC(C)C1. The summed E-state index contributed by atoms with van der Waals surface area (Å²) in [6, 6.07) is 0. The fraction of sp³-hybridized carbons (Fsp3) is 1.00. The van der Waals surface area contributed by atoms with Crippen LogP contribution in [0.15, 0.2) is 0 Å². The fourth-order valence-corrected chi connectivity index (χ4v) is 3.15. The zero-order valence-corrected chi connectivity index (χ0v) is 11.5. The Balaban J connectivity index is 2.04. The van der Waals surface area contributed by atoms with Gasteiger partial charge in [0.1, 0.15) is 0 Å². The van der Waals surface area contributed by atoms with Gasteiger partial charge >= 0.3 is 0 Å². The summed E-state index contributed by atoms with van der Waals surface area (Å²) in [5.41, 5.74) is 6.35. The first-order valence-corrected chi connectivity index (χ1v) is 7.27. The summed E-state index contributed by atoms with van der Waals surface area (Å²) in [7, 11) is 0. The third-order valence-electron chi connectivity index (χ3n) is 4.36. The molecule has 2 aliphatic rings. The Morgan fingerprint density at radius 1 is 1.41 bits per heavy atom. The van der Waals surface area contributed by atoms with Crippen LogP contribution in [0.1, 0.15) is 46.0 Å².